The molecule has 0 aliphatic carbocycles. The van der Waals surface area contributed by atoms with E-state index in [-0.39, 0.29) is 0 Å². The fraction of sp³-hybridized carbons (Fsp3) is 1.00. The van der Waals surface area contributed by atoms with Crippen molar-refractivity contribution in [2.24, 2.45) is 23.1 Å². The predicted octanol–water partition coefficient (Wildman–Crippen LogP) is 0.429. The van der Waals surface area contributed by atoms with Gasteiger partial charge < -0.3 is 17.2 Å². The molecule has 1 atom stereocenters. The standard InChI is InChI=1S/C9H23N3/c10-6-2-1-4-9(8-12)5-3-7-11/h9H,1-8,10-12H2/t9-/m0/s1. The summed E-state index contributed by atoms with van der Waals surface area (Å²) in [5.74, 6) is 0.667. The van der Waals surface area contributed by atoms with Crippen molar-refractivity contribution in [3.8, 4) is 0 Å². The number of rotatable bonds is 8. The number of hydrogen-bond donors (Lipinski definition) is 3. The van der Waals surface area contributed by atoms with Gasteiger partial charge in [-0.15, -0.1) is 0 Å². The van der Waals surface area contributed by atoms with Crippen LogP contribution in [0.3, 0.4) is 0 Å². The summed E-state index contributed by atoms with van der Waals surface area (Å²) in [6.45, 7) is 2.38. The van der Waals surface area contributed by atoms with Crippen molar-refractivity contribution in [1.82, 2.24) is 0 Å². The molecule has 0 amide bonds. The van der Waals surface area contributed by atoms with Crippen LogP contribution in [0.25, 0.3) is 0 Å². The van der Waals surface area contributed by atoms with Gasteiger partial charge in [-0.1, -0.05) is 6.42 Å². The summed E-state index contributed by atoms with van der Waals surface area (Å²) in [6, 6.07) is 0. The molecule has 0 aliphatic heterocycles. The highest BCUT2D eigenvalue weighted by Gasteiger charge is 2.04. The second-order valence-corrected chi connectivity index (χ2v) is 3.32. The van der Waals surface area contributed by atoms with Gasteiger partial charge in [0.2, 0.25) is 0 Å². The molecule has 0 rings (SSSR count). The second kappa shape index (κ2) is 8.97. The molecule has 0 spiro atoms. The van der Waals surface area contributed by atoms with E-state index in [4.69, 9.17) is 17.2 Å². The Hall–Kier alpha value is -0.120. The van der Waals surface area contributed by atoms with Gasteiger partial charge in [-0.25, -0.2) is 0 Å². The van der Waals surface area contributed by atoms with Gasteiger partial charge in [-0.3, -0.25) is 0 Å². The van der Waals surface area contributed by atoms with Crippen LogP contribution in [0.15, 0.2) is 0 Å². The summed E-state index contributed by atoms with van der Waals surface area (Å²) in [5.41, 5.74) is 16.5. The predicted molar refractivity (Wildman–Crippen MR) is 53.7 cm³/mol. The van der Waals surface area contributed by atoms with Crippen LogP contribution in [0.1, 0.15) is 32.1 Å². The van der Waals surface area contributed by atoms with E-state index in [9.17, 15) is 0 Å². The van der Waals surface area contributed by atoms with Crippen LogP contribution in [0.4, 0.5) is 0 Å². The SMILES string of the molecule is NCCCC[C@H](CN)CCCN. The summed E-state index contributed by atoms with van der Waals surface area (Å²) >= 11 is 0. The molecule has 6 N–H and O–H groups in total. The van der Waals surface area contributed by atoms with Crippen LogP contribution in [-0.2, 0) is 0 Å². The van der Waals surface area contributed by atoms with Crippen molar-refractivity contribution in [1.29, 1.82) is 0 Å². The van der Waals surface area contributed by atoms with Gasteiger partial charge in [0, 0.05) is 0 Å². The average molecular weight is 173 g/mol. The van der Waals surface area contributed by atoms with Crippen molar-refractivity contribution >= 4 is 0 Å². The van der Waals surface area contributed by atoms with E-state index < -0.39 is 0 Å². The first kappa shape index (κ1) is 11.9. The molecule has 0 saturated heterocycles. The fourth-order valence-electron chi connectivity index (χ4n) is 1.36. The Labute approximate surface area is 75.7 Å². The first-order valence-corrected chi connectivity index (χ1v) is 4.95. The highest BCUT2D eigenvalue weighted by molar-refractivity contribution is 4.60. The molecule has 0 saturated carbocycles. The lowest BCUT2D eigenvalue weighted by Crippen LogP contribution is -2.16. The van der Waals surface area contributed by atoms with Gasteiger partial charge in [0.1, 0.15) is 0 Å². The zero-order chi connectivity index (χ0) is 9.23. The van der Waals surface area contributed by atoms with Crippen LogP contribution >= 0.6 is 0 Å². The molecule has 3 nitrogen and oxygen atoms in total. The molecule has 0 aliphatic rings. The van der Waals surface area contributed by atoms with Gasteiger partial charge in [-0.05, 0) is 51.2 Å². The first-order valence-electron chi connectivity index (χ1n) is 4.95. The lowest BCUT2D eigenvalue weighted by Gasteiger charge is -2.13. The summed E-state index contributed by atoms with van der Waals surface area (Å²) in [5, 5.41) is 0. The molecule has 0 aromatic heterocycles. The maximum absolute atomic E-state index is 5.62. The zero-order valence-corrected chi connectivity index (χ0v) is 7.97. The number of unbranched alkanes of at least 4 members (excludes halogenated alkanes) is 1. The molecule has 0 radical (unpaired) electrons. The summed E-state index contributed by atoms with van der Waals surface area (Å²) in [4.78, 5) is 0. The number of hydrogen-bond acceptors (Lipinski definition) is 3. The Morgan fingerprint density at radius 2 is 1.33 bits per heavy atom. The molecule has 0 bridgehead atoms. The largest absolute Gasteiger partial charge is 0.330 e. The quantitative estimate of drug-likeness (QED) is 0.466. The van der Waals surface area contributed by atoms with E-state index in [2.05, 4.69) is 0 Å². The van der Waals surface area contributed by atoms with Crippen molar-refractivity contribution < 1.29 is 0 Å². The van der Waals surface area contributed by atoms with Crippen LogP contribution < -0.4 is 17.2 Å². The van der Waals surface area contributed by atoms with Crippen molar-refractivity contribution in [2.45, 2.75) is 32.1 Å². The Bertz CT molecular complexity index is 85.8. The van der Waals surface area contributed by atoms with Gasteiger partial charge in [0.25, 0.3) is 0 Å². The molecule has 0 aromatic rings. The van der Waals surface area contributed by atoms with Gasteiger partial charge in [0.05, 0.1) is 0 Å². The van der Waals surface area contributed by atoms with E-state index >= 15 is 0 Å². The Morgan fingerprint density at radius 3 is 1.83 bits per heavy atom. The second-order valence-electron chi connectivity index (χ2n) is 3.32. The molecule has 74 valence electrons. The maximum Gasteiger partial charge on any atom is -0.00489 e. The highest BCUT2D eigenvalue weighted by atomic mass is 14.6. The molecule has 0 unspecified atom stereocenters. The summed E-state index contributed by atoms with van der Waals surface area (Å²) in [7, 11) is 0. The van der Waals surface area contributed by atoms with Gasteiger partial charge >= 0.3 is 0 Å². The topological polar surface area (TPSA) is 78.1 Å². The third-order valence-electron chi connectivity index (χ3n) is 2.22. The smallest absolute Gasteiger partial charge is 0.00489 e. The van der Waals surface area contributed by atoms with E-state index in [0.29, 0.717) is 5.92 Å². The minimum atomic E-state index is 0.667. The average Bonchev–Trinajstić information content (AvgIpc) is 2.11. The van der Waals surface area contributed by atoms with Crippen molar-refractivity contribution in [3.05, 3.63) is 0 Å². The van der Waals surface area contributed by atoms with Crippen LogP contribution in [0, 0.1) is 5.92 Å². The summed E-state index contributed by atoms with van der Waals surface area (Å²) in [6.07, 6.45) is 5.83. The fourth-order valence-corrected chi connectivity index (χ4v) is 1.36. The molecule has 12 heavy (non-hydrogen) atoms. The molecule has 0 aromatic carbocycles. The Balaban J connectivity index is 3.26. The zero-order valence-electron chi connectivity index (χ0n) is 7.97. The van der Waals surface area contributed by atoms with E-state index in [1.54, 1.807) is 0 Å². The number of nitrogens with two attached hydrogens (primary N) is 3. The molecular formula is C9H23N3. The van der Waals surface area contributed by atoms with Gasteiger partial charge in [-0.2, -0.15) is 0 Å². The lowest BCUT2D eigenvalue weighted by atomic mass is 9.97. The Morgan fingerprint density at radius 1 is 0.750 bits per heavy atom. The third kappa shape index (κ3) is 6.58. The van der Waals surface area contributed by atoms with E-state index in [0.717, 1.165) is 32.5 Å². The molecular weight excluding hydrogens is 150 g/mol. The van der Waals surface area contributed by atoms with Crippen molar-refractivity contribution in [3.63, 3.8) is 0 Å². The molecule has 0 fully saturated rings. The van der Waals surface area contributed by atoms with Crippen LogP contribution in [-0.4, -0.2) is 19.6 Å². The molecule has 3 heteroatoms. The monoisotopic (exact) mass is 173 g/mol. The highest BCUT2D eigenvalue weighted by Crippen LogP contribution is 2.12. The van der Waals surface area contributed by atoms with E-state index in [1.807, 2.05) is 0 Å². The third-order valence-corrected chi connectivity index (χ3v) is 2.22. The van der Waals surface area contributed by atoms with Crippen LogP contribution in [0.5, 0.6) is 0 Å². The van der Waals surface area contributed by atoms with E-state index in [1.165, 1.54) is 19.3 Å². The minimum Gasteiger partial charge on any atom is -0.330 e. The minimum absolute atomic E-state index is 0.667. The molecule has 0 heterocycles. The maximum atomic E-state index is 5.62. The van der Waals surface area contributed by atoms with Crippen LogP contribution in [0.2, 0.25) is 0 Å². The lowest BCUT2D eigenvalue weighted by molar-refractivity contribution is 0.431. The normalized spacial score (nSPS) is 13.2. The van der Waals surface area contributed by atoms with Crippen molar-refractivity contribution in [2.75, 3.05) is 19.6 Å². The first-order chi connectivity index (χ1) is 5.85. The summed E-state index contributed by atoms with van der Waals surface area (Å²) < 4.78 is 0. The Kier molecular flexibility index (Phi) is 8.88. The van der Waals surface area contributed by atoms with Gasteiger partial charge in [0.15, 0.2) is 0 Å².